The molecule has 0 spiro atoms. The van der Waals surface area contributed by atoms with E-state index in [0.29, 0.717) is 16.0 Å². The van der Waals surface area contributed by atoms with Gasteiger partial charge in [-0.15, -0.1) is 0 Å². The Labute approximate surface area is 88.1 Å². The molecule has 1 aliphatic heterocycles. The Morgan fingerprint density at radius 1 is 1.33 bits per heavy atom. The van der Waals surface area contributed by atoms with E-state index < -0.39 is 15.9 Å². The molecular weight excluding hydrogens is 214 g/mol. The van der Waals surface area contributed by atoms with Gasteiger partial charge in [0.25, 0.3) is 0 Å². The van der Waals surface area contributed by atoms with Gasteiger partial charge in [0.05, 0.1) is 10.9 Å². The molecule has 1 unspecified atom stereocenters. The predicted molar refractivity (Wildman–Crippen MR) is 56.0 cm³/mol. The minimum absolute atomic E-state index is 0.308. The van der Waals surface area contributed by atoms with E-state index in [4.69, 9.17) is 5.21 Å². The highest BCUT2D eigenvalue weighted by Gasteiger charge is 2.28. The van der Waals surface area contributed by atoms with E-state index >= 15 is 0 Å². The number of hydrogen-bond donors (Lipinski definition) is 2. The third kappa shape index (κ3) is 1.58. The van der Waals surface area contributed by atoms with Crippen molar-refractivity contribution >= 4 is 15.4 Å². The van der Waals surface area contributed by atoms with Crippen molar-refractivity contribution in [2.24, 2.45) is 0 Å². The maximum absolute atomic E-state index is 11.7. The van der Waals surface area contributed by atoms with Gasteiger partial charge in [0.2, 0.25) is 9.84 Å². The molecule has 5 heteroatoms. The monoisotopic (exact) mass is 225 g/mol. The lowest BCUT2D eigenvalue weighted by molar-refractivity contribution is 0.153. The number of nitrogens with one attached hydrogen (secondary N) is 1. The van der Waals surface area contributed by atoms with Gasteiger partial charge >= 0.3 is 0 Å². The van der Waals surface area contributed by atoms with Crippen molar-refractivity contribution < 1.29 is 13.6 Å². The molecule has 1 aromatic rings. The molecule has 80 valence electrons. The predicted octanol–water partition coefficient (Wildman–Crippen LogP) is 1.18. The van der Waals surface area contributed by atoms with Crippen molar-refractivity contribution in [3.05, 3.63) is 35.2 Å². The molecule has 0 saturated carbocycles. The summed E-state index contributed by atoms with van der Waals surface area (Å²) in [6.07, 6.45) is 0. The van der Waals surface area contributed by atoms with Crippen LogP contribution in [0.4, 0.5) is 0 Å². The SMILES string of the molecule is CC(NO)C1=CS(=O)(=O)c2ccccc21. The summed E-state index contributed by atoms with van der Waals surface area (Å²) >= 11 is 0. The highest BCUT2D eigenvalue weighted by atomic mass is 32.2. The van der Waals surface area contributed by atoms with Gasteiger partial charge in [-0.25, -0.2) is 8.42 Å². The Bertz CT molecular complexity index is 519. The molecule has 2 N–H and O–H groups in total. The minimum Gasteiger partial charge on any atom is -0.316 e. The fourth-order valence-corrected chi connectivity index (χ4v) is 3.21. The molecule has 1 aliphatic rings. The molecule has 1 heterocycles. The lowest BCUT2D eigenvalue weighted by Gasteiger charge is -2.10. The first-order valence-electron chi connectivity index (χ1n) is 4.52. The molecule has 0 amide bonds. The van der Waals surface area contributed by atoms with E-state index in [-0.39, 0.29) is 0 Å². The maximum Gasteiger partial charge on any atom is 0.200 e. The molecule has 15 heavy (non-hydrogen) atoms. The molecule has 0 fully saturated rings. The highest BCUT2D eigenvalue weighted by Crippen LogP contribution is 2.34. The second-order valence-electron chi connectivity index (χ2n) is 3.47. The summed E-state index contributed by atoms with van der Waals surface area (Å²) in [5.41, 5.74) is 3.30. The summed E-state index contributed by atoms with van der Waals surface area (Å²) in [4.78, 5) is 0.308. The number of hydroxylamine groups is 1. The second-order valence-corrected chi connectivity index (χ2v) is 5.23. The van der Waals surface area contributed by atoms with Crippen LogP contribution in [0.2, 0.25) is 0 Å². The molecule has 0 radical (unpaired) electrons. The number of benzene rings is 1. The molecule has 4 nitrogen and oxygen atoms in total. The lowest BCUT2D eigenvalue weighted by atomic mass is 10.0. The molecule has 1 atom stereocenters. The van der Waals surface area contributed by atoms with Crippen LogP contribution in [-0.4, -0.2) is 19.7 Å². The van der Waals surface area contributed by atoms with E-state index in [9.17, 15) is 8.42 Å². The fourth-order valence-electron chi connectivity index (χ4n) is 1.65. The summed E-state index contributed by atoms with van der Waals surface area (Å²) in [7, 11) is -3.32. The van der Waals surface area contributed by atoms with Crippen LogP contribution in [0.15, 0.2) is 34.6 Å². The first-order chi connectivity index (χ1) is 7.06. The minimum atomic E-state index is -3.32. The van der Waals surface area contributed by atoms with Crippen LogP contribution in [0, 0.1) is 0 Å². The van der Waals surface area contributed by atoms with Gasteiger partial charge < -0.3 is 5.21 Å². The topological polar surface area (TPSA) is 66.4 Å². The van der Waals surface area contributed by atoms with Crippen LogP contribution in [0.3, 0.4) is 0 Å². The van der Waals surface area contributed by atoms with Crippen molar-refractivity contribution in [3.63, 3.8) is 0 Å². The molecule has 0 aliphatic carbocycles. The zero-order valence-corrected chi connectivity index (χ0v) is 8.95. The van der Waals surface area contributed by atoms with Crippen LogP contribution < -0.4 is 5.48 Å². The van der Waals surface area contributed by atoms with Crippen LogP contribution in [0.25, 0.3) is 5.57 Å². The lowest BCUT2D eigenvalue weighted by Crippen LogP contribution is -2.22. The van der Waals surface area contributed by atoms with Gasteiger partial charge in [0, 0.05) is 5.41 Å². The van der Waals surface area contributed by atoms with E-state index in [1.54, 1.807) is 31.2 Å². The number of sulfone groups is 1. The standard InChI is InChI=1S/C10H11NO3S/c1-7(11-12)9-6-15(13,14)10-5-3-2-4-8(9)10/h2-7,11-12H,1H3. The molecular formula is C10H11NO3S. The van der Waals surface area contributed by atoms with E-state index in [2.05, 4.69) is 5.48 Å². The number of hydrogen-bond acceptors (Lipinski definition) is 4. The first-order valence-corrected chi connectivity index (χ1v) is 6.06. The number of rotatable bonds is 2. The van der Waals surface area contributed by atoms with Gasteiger partial charge in [0.1, 0.15) is 0 Å². The van der Waals surface area contributed by atoms with Crippen molar-refractivity contribution in [2.45, 2.75) is 17.9 Å². The van der Waals surface area contributed by atoms with Crippen molar-refractivity contribution in [2.75, 3.05) is 0 Å². The smallest absolute Gasteiger partial charge is 0.200 e. The Kier molecular flexibility index (Phi) is 2.38. The molecule has 0 saturated heterocycles. The van der Waals surface area contributed by atoms with Crippen LogP contribution in [0.1, 0.15) is 12.5 Å². The zero-order chi connectivity index (χ0) is 11.1. The van der Waals surface area contributed by atoms with Crippen molar-refractivity contribution in [1.82, 2.24) is 5.48 Å². The normalized spacial score (nSPS) is 19.5. The van der Waals surface area contributed by atoms with E-state index in [1.807, 2.05) is 0 Å². The Morgan fingerprint density at radius 2 is 2.00 bits per heavy atom. The Hall–Kier alpha value is -1.17. The van der Waals surface area contributed by atoms with Crippen molar-refractivity contribution in [1.29, 1.82) is 0 Å². The zero-order valence-electron chi connectivity index (χ0n) is 8.14. The summed E-state index contributed by atoms with van der Waals surface area (Å²) < 4.78 is 23.4. The van der Waals surface area contributed by atoms with Gasteiger partial charge in [-0.2, -0.15) is 5.48 Å². The summed E-state index contributed by atoms with van der Waals surface area (Å²) in [5.74, 6) is 0. The first kappa shape index (κ1) is 10.4. The van der Waals surface area contributed by atoms with Gasteiger partial charge in [-0.1, -0.05) is 18.2 Å². The van der Waals surface area contributed by atoms with E-state index in [0.717, 1.165) is 0 Å². The Morgan fingerprint density at radius 3 is 2.67 bits per heavy atom. The quantitative estimate of drug-likeness (QED) is 0.742. The molecule has 0 bridgehead atoms. The Balaban J connectivity index is 2.63. The summed E-state index contributed by atoms with van der Waals surface area (Å²) in [5, 5.41) is 10.0. The van der Waals surface area contributed by atoms with Crippen LogP contribution in [-0.2, 0) is 9.84 Å². The average Bonchev–Trinajstić information content (AvgIpc) is 2.51. The third-order valence-corrected chi connectivity index (χ3v) is 3.98. The second kappa shape index (κ2) is 3.44. The molecule has 1 aromatic carbocycles. The third-order valence-electron chi connectivity index (χ3n) is 2.45. The molecule has 2 rings (SSSR count). The van der Waals surface area contributed by atoms with Crippen LogP contribution in [0.5, 0.6) is 0 Å². The fraction of sp³-hybridized carbons (Fsp3) is 0.200. The van der Waals surface area contributed by atoms with Crippen molar-refractivity contribution in [3.8, 4) is 0 Å². The highest BCUT2D eigenvalue weighted by molar-refractivity contribution is 7.95. The van der Waals surface area contributed by atoms with Gasteiger partial charge in [0.15, 0.2) is 0 Å². The van der Waals surface area contributed by atoms with Gasteiger partial charge in [-0.05, 0) is 24.1 Å². The van der Waals surface area contributed by atoms with Gasteiger partial charge in [-0.3, -0.25) is 0 Å². The van der Waals surface area contributed by atoms with Crippen LogP contribution >= 0.6 is 0 Å². The summed E-state index contributed by atoms with van der Waals surface area (Å²) in [6, 6.07) is 6.36. The van der Waals surface area contributed by atoms with E-state index in [1.165, 1.54) is 5.41 Å². The summed E-state index contributed by atoms with van der Waals surface area (Å²) in [6.45, 7) is 1.70. The number of fused-ring (bicyclic) bond motifs is 1. The maximum atomic E-state index is 11.7. The average molecular weight is 225 g/mol. The largest absolute Gasteiger partial charge is 0.316 e. The molecule has 0 aromatic heterocycles.